The van der Waals surface area contributed by atoms with E-state index in [1.54, 1.807) is 11.9 Å². The molecule has 3 heteroatoms. The molecule has 1 unspecified atom stereocenters. The minimum atomic E-state index is 0.442. The van der Waals surface area contributed by atoms with Gasteiger partial charge in [-0.1, -0.05) is 36.4 Å². The molecule has 2 nitrogen and oxygen atoms in total. The third kappa shape index (κ3) is 3.32. The molecule has 26 heavy (non-hydrogen) atoms. The average Bonchev–Trinajstić information content (AvgIpc) is 3.06. The lowest BCUT2D eigenvalue weighted by atomic mass is 9.92. The molecule has 0 saturated heterocycles. The van der Waals surface area contributed by atoms with Gasteiger partial charge in [0.25, 0.3) is 0 Å². The van der Waals surface area contributed by atoms with Crippen molar-refractivity contribution >= 4 is 23.7 Å². The Hall–Kier alpha value is -2.39. The summed E-state index contributed by atoms with van der Waals surface area (Å²) in [5, 5.41) is 0. The van der Waals surface area contributed by atoms with Crippen LogP contribution in [0.1, 0.15) is 19.4 Å². The van der Waals surface area contributed by atoms with Crippen molar-refractivity contribution in [1.29, 1.82) is 0 Å². The zero-order chi connectivity index (χ0) is 17.9. The van der Waals surface area contributed by atoms with Crippen molar-refractivity contribution in [2.75, 3.05) is 18.0 Å². The monoisotopic (exact) mass is 360 g/mol. The molecule has 0 bridgehead atoms. The second kappa shape index (κ2) is 7.46. The van der Waals surface area contributed by atoms with Crippen LogP contribution in [0.4, 0.5) is 5.69 Å². The minimum absolute atomic E-state index is 0.442. The van der Waals surface area contributed by atoms with Gasteiger partial charge < -0.3 is 4.90 Å². The van der Waals surface area contributed by atoms with Crippen LogP contribution in [0.3, 0.4) is 0 Å². The van der Waals surface area contributed by atoms with Crippen molar-refractivity contribution in [2.45, 2.75) is 13.8 Å². The largest absolute Gasteiger partial charge is 0.372 e. The van der Waals surface area contributed by atoms with Crippen LogP contribution in [0.25, 0.3) is 6.08 Å². The first kappa shape index (κ1) is 17.0. The molecular formula is C23H24N2S. The summed E-state index contributed by atoms with van der Waals surface area (Å²) in [7, 11) is 0. The Labute approximate surface area is 160 Å². The van der Waals surface area contributed by atoms with E-state index >= 15 is 0 Å². The van der Waals surface area contributed by atoms with Crippen molar-refractivity contribution in [3.05, 3.63) is 94.7 Å². The molecule has 0 fully saturated rings. The van der Waals surface area contributed by atoms with Gasteiger partial charge in [-0.15, -0.1) is 0 Å². The van der Waals surface area contributed by atoms with E-state index in [0.29, 0.717) is 5.92 Å². The molecule has 0 spiro atoms. The molecule has 1 aromatic carbocycles. The van der Waals surface area contributed by atoms with Crippen LogP contribution in [-0.2, 0) is 0 Å². The lowest BCUT2D eigenvalue weighted by Crippen LogP contribution is -2.21. The lowest BCUT2D eigenvalue weighted by molar-refractivity contribution is 0.847. The van der Waals surface area contributed by atoms with E-state index < -0.39 is 0 Å². The van der Waals surface area contributed by atoms with Gasteiger partial charge in [0, 0.05) is 42.0 Å². The van der Waals surface area contributed by atoms with Gasteiger partial charge >= 0.3 is 0 Å². The van der Waals surface area contributed by atoms with Crippen LogP contribution in [-0.4, -0.2) is 17.4 Å². The smallest absolute Gasteiger partial charge is 0.0366 e. The fourth-order valence-corrected chi connectivity index (χ4v) is 4.51. The number of fused-ring (bicyclic) bond motifs is 2. The number of allylic oxidation sites excluding steroid dienone is 8. The van der Waals surface area contributed by atoms with Crippen LogP contribution in [0.2, 0.25) is 0 Å². The van der Waals surface area contributed by atoms with Gasteiger partial charge in [-0.05, 0) is 72.9 Å². The summed E-state index contributed by atoms with van der Waals surface area (Å²) < 4.78 is 2.18. The summed E-state index contributed by atoms with van der Waals surface area (Å²) >= 11 is 1.79. The Morgan fingerprint density at radius 2 is 1.88 bits per heavy atom. The van der Waals surface area contributed by atoms with Gasteiger partial charge in [-0.3, -0.25) is 4.31 Å². The maximum atomic E-state index is 2.36. The van der Waals surface area contributed by atoms with Gasteiger partial charge in [0.1, 0.15) is 0 Å². The van der Waals surface area contributed by atoms with Crippen molar-refractivity contribution in [2.24, 2.45) is 5.92 Å². The molecule has 0 N–H and O–H groups in total. The number of hydrogen-bond acceptors (Lipinski definition) is 3. The van der Waals surface area contributed by atoms with Gasteiger partial charge in [0.05, 0.1) is 0 Å². The molecule has 0 amide bonds. The van der Waals surface area contributed by atoms with E-state index in [-0.39, 0.29) is 0 Å². The summed E-state index contributed by atoms with van der Waals surface area (Å²) in [4.78, 5) is 3.71. The molecule has 1 aromatic rings. The van der Waals surface area contributed by atoms with Gasteiger partial charge in [-0.25, -0.2) is 0 Å². The maximum Gasteiger partial charge on any atom is 0.0366 e. The molecule has 132 valence electrons. The van der Waals surface area contributed by atoms with Crippen molar-refractivity contribution < 1.29 is 0 Å². The first-order valence-electron chi connectivity index (χ1n) is 9.27. The number of rotatable bonds is 5. The lowest BCUT2D eigenvalue weighted by Gasteiger charge is -2.22. The topological polar surface area (TPSA) is 6.48 Å². The third-order valence-electron chi connectivity index (χ3n) is 5.02. The Morgan fingerprint density at radius 1 is 1.08 bits per heavy atom. The highest BCUT2D eigenvalue weighted by molar-refractivity contribution is 8.01. The third-order valence-corrected chi connectivity index (χ3v) is 6.02. The molecule has 1 aliphatic heterocycles. The second-order valence-corrected chi connectivity index (χ2v) is 7.58. The van der Waals surface area contributed by atoms with Gasteiger partial charge in [0.15, 0.2) is 0 Å². The molecule has 0 saturated carbocycles. The summed E-state index contributed by atoms with van der Waals surface area (Å²) in [6.45, 7) is 6.47. The molecule has 0 radical (unpaired) electrons. The first-order valence-corrected chi connectivity index (χ1v) is 10.0. The fourth-order valence-electron chi connectivity index (χ4n) is 3.55. The van der Waals surface area contributed by atoms with Crippen LogP contribution in [0, 0.1) is 5.92 Å². The average molecular weight is 361 g/mol. The molecular weight excluding hydrogens is 336 g/mol. The molecule has 2 aliphatic carbocycles. The normalized spacial score (nSPS) is 20.6. The number of anilines is 1. The molecule has 1 atom stereocenters. The number of hydrogen-bond donors (Lipinski definition) is 0. The second-order valence-electron chi connectivity index (χ2n) is 6.53. The van der Waals surface area contributed by atoms with E-state index in [4.69, 9.17) is 0 Å². The Kier molecular flexibility index (Phi) is 4.89. The highest BCUT2D eigenvalue weighted by atomic mass is 32.2. The Morgan fingerprint density at radius 3 is 2.65 bits per heavy atom. The van der Waals surface area contributed by atoms with E-state index in [2.05, 4.69) is 102 Å². The number of benzene rings is 1. The predicted molar refractivity (Wildman–Crippen MR) is 114 cm³/mol. The van der Waals surface area contributed by atoms with Gasteiger partial charge in [-0.2, -0.15) is 0 Å². The fraction of sp³-hybridized carbons (Fsp3) is 0.217. The van der Waals surface area contributed by atoms with Crippen LogP contribution < -0.4 is 4.90 Å². The zero-order valence-electron chi connectivity index (χ0n) is 15.3. The SMILES string of the molecule is CCN(CC)c1ccc(C=CN2C=CC3=C(C=C4C=CC=CC43)S2)cc1. The molecule has 1 heterocycles. The molecule has 0 aromatic heterocycles. The zero-order valence-corrected chi connectivity index (χ0v) is 16.1. The Balaban J connectivity index is 1.43. The van der Waals surface area contributed by atoms with Crippen molar-refractivity contribution in [1.82, 2.24) is 4.31 Å². The van der Waals surface area contributed by atoms with E-state index in [0.717, 1.165) is 13.1 Å². The van der Waals surface area contributed by atoms with Gasteiger partial charge in [0.2, 0.25) is 0 Å². The van der Waals surface area contributed by atoms with E-state index in [1.165, 1.54) is 27.3 Å². The standard InChI is InChI=1S/C23H24N2S/c1-3-24(4-2)20-11-9-18(10-12-20)13-15-25-16-14-22-21-8-6-5-7-19(21)17-23(22)26-25/h5-17,21H,3-4H2,1-2H3. The minimum Gasteiger partial charge on any atom is -0.372 e. The quantitative estimate of drug-likeness (QED) is 0.602. The predicted octanol–water partition coefficient (Wildman–Crippen LogP) is 5.92. The van der Waals surface area contributed by atoms with Crippen LogP contribution >= 0.6 is 11.9 Å². The van der Waals surface area contributed by atoms with Crippen LogP contribution in [0.15, 0.2) is 89.2 Å². The summed E-state index contributed by atoms with van der Waals surface area (Å²) in [6.07, 6.45) is 19.8. The van der Waals surface area contributed by atoms with E-state index in [9.17, 15) is 0 Å². The number of nitrogens with zero attached hydrogens (tertiary/aromatic N) is 2. The maximum absolute atomic E-state index is 2.36. The molecule has 4 rings (SSSR count). The van der Waals surface area contributed by atoms with Crippen molar-refractivity contribution in [3.8, 4) is 0 Å². The first-order chi connectivity index (χ1) is 12.8. The van der Waals surface area contributed by atoms with E-state index in [1.807, 2.05) is 0 Å². The summed E-state index contributed by atoms with van der Waals surface area (Å²) in [5.74, 6) is 0.442. The summed E-state index contributed by atoms with van der Waals surface area (Å²) in [5.41, 5.74) is 5.32. The summed E-state index contributed by atoms with van der Waals surface area (Å²) in [6, 6.07) is 8.79. The van der Waals surface area contributed by atoms with Crippen LogP contribution in [0.5, 0.6) is 0 Å². The highest BCUT2D eigenvalue weighted by Gasteiger charge is 2.27. The Bertz CT molecular complexity index is 849. The molecule has 3 aliphatic rings. The highest BCUT2D eigenvalue weighted by Crippen LogP contribution is 2.44. The van der Waals surface area contributed by atoms with Crippen molar-refractivity contribution in [3.63, 3.8) is 0 Å².